The second-order valence-electron chi connectivity index (χ2n) is 8.92. The number of carbonyl (C=O) groups is 4. The van der Waals surface area contributed by atoms with E-state index in [9.17, 15) is 28.7 Å². The van der Waals surface area contributed by atoms with Gasteiger partial charge in [0.15, 0.2) is 0 Å². The molecule has 2 N–H and O–H groups in total. The van der Waals surface area contributed by atoms with Crippen LogP contribution in [0.4, 0.5) is 19.7 Å². The zero-order valence-electron chi connectivity index (χ0n) is 20.2. The van der Waals surface area contributed by atoms with Crippen LogP contribution in [0.25, 0.3) is 0 Å². The van der Waals surface area contributed by atoms with Crippen LogP contribution in [0.2, 0.25) is 0 Å². The number of carbonyl (C=O) groups excluding carboxylic acids is 4. The molecule has 2 heterocycles. The molecule has 2 bridgehead atoms. The van der Waals surface area contributed by atoms with E-state index < -0.39 is 48.0 Å². The van der Waals surface area contributed by atoms with Crippen LogP contribution in [0.1, 0.15) is 33.3 Å². The van der Waals surface area contributed by atoms with Crippen molar-refractivity contribution in [3.8, 4) is 0 Å². The van der Waals surface area contributed by atoms with E-state index in [1.165, 1.54) is 4.90 Å². The van der Waals surface area contributed by atoms with Crippen LogP contribution in [0.15, 0.2) is 35.9 Å². The van der Waals surface area contributed by atoms with Crippen LogP contribution in [0, 0.1) is 0 Å². The molecule has 0 saturated carbocycles. The molecule has 1 fully saturated rings. The summed E-state index contributed by atoms with van der Waals surface area (Å²) in [6.07, 6.45) is -1.80. The fraction of sp³-hybridized carbons (Fsp3) is 0.455. The maximum Gasteiger partial charge on any atom is 1.00 e. The van der Waals surface area contributed by atoms with Crippen LogP contribution < -0.4 is 34.6 Å². The van der Waals surface area contributed by atoms with E-state index >= 15 is 0 Å². The maximum absolute atomic E-state index is 13.4. The second-order valence-corrected chi connectivity index (χ2v) is 8.92. The van der Waals surface area contributed by atoms with Gasteiger partial charge < -0.3 is 30.2 Å². The van der Waals surface area contributed by atoms with Gasteiger partial charge in [0.1, 0.15) is 17.6 Å². The molecule has 0 aliphatic carbocycles. The standard InChI is InChI=1S/C22H27FN4O7.Li/c1-12-9-15-11-26(21(32)27(15)34-17(23)19(29)30)16(12)18(28)25-14-7-5-13(6-8-14)10-24-20(31)33-22(2,3)4;/h5-9,15-17H,10-11H2,1-4H3,(H,24,31)(H,25,28)(H,29,30);/q;+1/p-1/t15-,16+,17+;/m1./s1. The number of carboxylic acid groups (broad SMARTS) is 1. The predicted octanol–water partition coefficient (Wildman–Crippen LogP) is -1.93. The Kier molecular flexibility index (Phi) is 8.94. The molecule has 2 aliphatic heterocycles. The number of anilines is 1. The molecular weight excluding hydrogens is 458 g/mol. The number of benzene rings is 1. The molecule has 13 heteroatoms. The monoisotopic (exact) mass is 484 g/mol. The average molecular weight is 484 g/mol. The average Bonchev–Trinajstić information content (AvgIpc) is 2.97. The fourth-order valence-electron chi connectivity index (χ4n) is 3.62. The van der Waals surface area contributed by atoms with Gasteiger partial charge >= 0.3 is 31.0 Å². The van der Waals surface area contributed by atoms with Crippen molar-refractivity contribution >= 4 is 29.7 Å². The smallest absolute Gasteiger partial charge is 0.544 e. The summed E-state index contributed by atoms with van der Waals surface area (Å²) in [5.41, 5.74) is 1.15. The number of hydroxylamine groups is 2. The minimum atomic E-state index is -2.81. The number of nitrogens with zero attached hydrogens (tertiary/aromatic N) is 2. The Morgan fingerprint density at radius 1 is 1.23 bits per heavy atom. The first kappa shape index (κ1) is 28.2. The summed E-state index contributed by atoms with van der Waals surface area (Å²) >= 11 is 0. The van der Waals surface area contributed by atoms with Crippen molar-refractivity contribution in [3.63, 3.8) is 0 Å². The van der Waals surface area contributed by atoms with Crippen molar-refractivity contribution in [2.75, 3.05) is 11.9 Å². The van der Waals surface area contributed by atoms with Crippen molar-refractivity contribution in [1.82, 2.24) is 15.3 Å². The number of hydrogen-bond donors (Lipinski definition) is 2. The second kappa shape index (κ2) is 11.1. The third kappa shape index (κ3) is 6.97. The number of rotatable bonds is 7. The van der Waals surface area contributed by atoms with Crippen LogP contribution in [-0.4, -0.2) is 64.6 Å². The quantitative estimate of drug-likeness (QED) is 0.339. The Morgan fingerprint density at radius 2 is 1.86 bits per heavy atom. The number of halogens is 1. The van der Waals surface area contributed by atoms with E-state index in [0.717, 1.165) is 5.56 Å². The summed E-state index contributed by atoms with van der Waals surface area (Å²) in [6.45, 7) is 7.19. The third-order valence-corrected chi connectivity index (χ3v) is 5.01. The Labute approximate surface area is 213 Å². The number of aliphatic carboxylic acids is 1. The molecule has 1 aromatic carbocycles. The molecule has 2 aliphatic rings. The predicted molar refractivity (Wildman–Crippen MR) is 114 cm³/mol. The largest absolute Gasteiger partial charge is 1.00 e. The van der Waals surface area contributed by atoms with E-state index in [1.54, 1.807) is 58.0 Å². The Bertz CT molecular complexity index is 1010. The normalized spacial score (nSPS) is 19.9. The van der Waals surface area contributed by atoms with Gasteiger partial charge in [-0.1, -0.05) is 18.2 Å². The Hall–Kier alpha value is -3.07. The number of urea groups is 1. The van der Waals surface area contributed by atoms with Gasteiger partial charge in [0.05, 0.1) is 12.6 Å². The first-order valence-corrected chi connectivity index (χ1v) is 10.5. The van der Waals surface area contributed by atoms with Gasteiger partial charge in [-0.05, 0) is 51.0 Å². The number of nitrogens with one attached hydrogen (secondary N) is 2. The summed E-state index contributed by atoms with van der Waals surface area (Å²) in [7, 11) is 0. The number of hydrogen-bond acceptors (Lipinski definition) is 7. The molecule has 0 spiro atoms. The third-order valence-electron chi connectivity index (χ3n) is 5.01. The number of alkyl carbamates (subject to hydrolysis) is 1. The summed E-state index contributed by atoms with van der Waals surface area (Å²) in [5.74, 6) is -2.61. The summed E-state index contributed by atoms with van der Waals surface area (Å²) in [4.78, 5) is 53.6. The van der Waals surface area contributed by atoms with Gasteiger partial charge in [-0.25, -0.2) is 18.8 Å². The van der Waals surface area contributed by atoms with Crippen LogP contribution in [-0.2, 0) is 25.7 Å². The van der Waals surface area contributed by atoms with Gasteiger partial charge in [-0.2, -0.15) is 5.06 Å². The molecule has 1 aromatic rings. The number of ether oxygens (including phenoxy) is 1. The van der Waals surface area contributed by atoms with Crippen molar-refractivity contribution in [2.45, 2.75) is 58.3 Å². The molecular formula is C22H26FLiN4O7. The van der Waals surface area contributed by atoms with Gasteiger partial charge in [0.2, 0.25) is 0 Å². The zero-order valence-corrected chi connectivity index (χ0v) is 20.2. The van der Waals surface area contributed by atoms with Gasteiger partial charge in [-0.3, -0.25) is 4.79 Å². The molecule has 35 heavy (non-hydrogen) atoms. The minimum absolute atomic E-state index is 0. The maximum atomic E-state index is 13.4. The molecule has 0 radical (unpaired) electrons. The van der Waals surface area contributed by atoms with Gasteiger partial charge in [0.25, 0.3) is 12.3 Å². The molecule has 184 valence electrons. The van der Waals surface area contributed by atoms with E-state index in [-0.39, 0.29) is 32.0 Å². The molecule has 11 nitrogen and oxygen atoms in total. The van der Waals surface area contributed by atoms with E-state index in [0.29, 0.717) is 16.3 Å². The molecule has 0 aromatic heterocycles. The van der Waals surface area contributed by atoms with Crippen LogP contribution in [0.3, 0.4) is 0 Å². The Balaban J connectivity index is 0.00000432. The van der Waals surface area contributed by atoms with E-state index in [4.69, 9.17) is 4.74 Å². The van der Waals surface area contributed by atoms with Crippen molar-refractivity contribution < 1.29 is 57.1 Å². The van der Waals surface area contributed by atoms with E-state index in [1.807, 2.05) is 0 Å². The topological polar surface area (TPSA) is 140 Å². The molecule has 1 saturated heterocycles. The number of alkyl halides is 1. The first-order valence-electron chi connectivity index (χ1n) is 10.5. The number of fused-ring (bicyclic) bond motifs is 2. The fourth-order valence-corrected chi connectivity index (χ4v) is 3.62. The zero-order chi connectivity index (χ0) is 25.2. The molecule has 4 amide bonds. The van der Waals surface area contributed by atoms with Crippen LogP contribution >= 0.6 is 0 Å². The molecule has 3 rings (SSSR count). The van der Waals surface area contributed by atoms with Gasteiger partial charge in [0, 0.05) is 12.2 Å². The van der Waals surface area contributed by atoms with Crippen molar-refractivity contribution in [1.29, 1.82) is 0 Å². The minimum Gasteiger partial charge on any atom is -0.544 e. The molecule has 3 atom stereocenters. The van der Waals surface area contributed by atoms with Crippen molar-refractivity contribution in [2.24, 2.45) is 0 Å². The SMILES string of the molecule is CC1=C[C@@H]2CN(C(=O)N2O[C@H](F)C(=O)[O-])[C@@H]1C(=O)Nc1ccc(CNC(=O)OC(C)(C)C)cc1.[Li+]. The summed E-state index contributed by atoms with van der Waals surface area (Å²) < 4.78 is 18.6. The van der Waals surface area contributed by atoms with Crippen molar-refractivity contribution in [3.05, 3.63) is 41.5 Å². The first-order chi connectivity index (χ1) is 15.9. The molecule has 0 unspecified atom stereocenters. The summed E-state index contributed by atoms with van der Waals surface area (Å²) in [6, 6.07) is 4.17. The van der Waals surface area contributed by atoms with Gasteiger partial charge in [-0.15, -0.1) is 0 Å². The summed E-state index contributed by atoms with van der Waals surface area (Å²) in [5, 5.41) is 16.6. The van der Waals surface area contributed by atoms with Crippen LogP contribution in [0.5, 0.6) is 0 Å². The Morgan fingerprint density at radius 3 is 2.43 bits per heavy atom. The number of amides is 4. The van der Waals surface area contributed by atoms with E-state index in [2.05, 4.69) is 15.5 Å². The number of carboxylic acids is 1.